The maximum atomic E-state index is 11.9. The maximum absolute atomic E-state index is 11.9. The van der Waals surface area contributed by atoms with Gasteiger partial charge in [0.1, 0.15) is 6.10 Å². The Morgan fingerprint density at radius 1 is 1.29 bits per heavy atom. The number of carbonyl (C=O) groups excluding carboxylic acids is 3. The van der Waals surface area contributed by atoms with Gasteiger partial charge < -0.3 is 18.9 Å². The Hall–Kier alpha value is -1.71. The average Bonchev–Trinajstić information content (AvgIpc) is 3.06. The Balaban J connectivity index is 1.55. The Bertz CT molecular complexity index is 508. The molecule has 3 heterocycles. The van der Waals surface area contributed by atoms with Crippen LogP contribution in [0.5, 0.6) is 0 Å². The van der Waals surface area contributed by atoms with Crippen LogP contribution in [0.1, 0.15) is 33.1 Å². The van der Waals surface area contributed by atoms with Crippen molar-refractivity contribution in [2.45, 2.75) is 51.8 Å². The fraction of sp³-hybridized carbons (Fsp3) is 0.800. The van der Waals surface area contributed by atoms with Crippen LogP contribution in [-0.2, 0) is 33.4 Å². The van der Waals surface area contributed by atoms with Gasteiger partial charge in [0.05, 0.1) is 12.5 Å². The Kier molecular flexibility index (Phi) is 5.02. The summed E-state index contributed by atoms with van der Waals surface area (Å²) in [4.78, 5) is 39.5. The van der Waals surface area contributed by atoms with E-state index in [1.165, 1.54) is 0 Å². The van der Waals surface area contributed by atoms with Gasteiger partial charge in [-0.3, -0.25) is 14.4 Å². The van der Waals surface area contributed by atoms with Gasteiger partial charge in [-0.05, 0) is 12.8 Å². The van der Waals surface area contributed by atoms with Gasteiger partial charge in [-0.25, -0.2) is 4.79 Å². The van der Waals surface area contributed by atoms with Crippen LogP contribution in [0.2, 0.25) is 0 Å². The second kappa shape index (κ2) is 7.04. The molecule has 0 aromatic heterocycles. The smallest absolute Gasteiger partial charge is 0.426 e. The van der Waals surface area contributed by atoms with E-state index in [2.05, 4.69) is 0 Å². The number of amides is 2. The van der Waals surface area contributed by atoms with E-state index < -0.39 is 30.4 Å². The summed E-state index contributed by atoms with van der Waals surface area (Å²) in [6.07, 6.45) is -1.77. The van der Waals surface area contributed by atoms with E-state index in [4.69, 9.17) is 23.8 Å². The lowest BCUT2D eigenvalue weighted by Crippen LogP contribution is -2.44. The third kappa shape index (κ3) is 3.38. The van der Waals surface area contributed by atoms with Crippen LogP contribution < -0.4 is 0 Å². The summed E-state index contributed by atoms with van der Waals surface area (Å²) in [5.41, 5.74) is 0. The van der Waals surface area contributed by atoms with Crippen LogP contribution in [-0.4, -0.2) is 54.9 Å². The topological polar surface area (TPSA) is 101 Å². The van der Waals surface area contributed by atoms with Gasteiger partial charge in [0.15, 0.2) is 12.6 Å². The normalized spacial score (nSPS) is 35.9. The molecule has 9 heteroatoms. The van der Waals surface area contributed by atoms with Gasteiger partial charge in [-0.2, -0.15) is 0 Å². The summed E-state index contributed by atoms with van der Waals surface area (Å²) < 4.78 is 22.0. The van der Waals surface area contributed by atoms with Crippen molar-refractivity contribution in [2.24, 2.45) is 11.8 Å². The van der Waals surface area contributed by atoms with Crippen LogP contribution in [0.4, 0.5) is 4.79 Å². The van der Waals surface area contributed by atoms with Crippen LogP contribution in [0.15, 0.2) is 0 Å². The minimum atomic E-state index is -1.09. The Morgan fingerprint density at radius 3 is 2.67 bits per heavy atom. The molecular formula is C15H21NO8. The first-order valence-electron chi connectivity index (χ1n) is 8.12. The fourth-order valence-electron chi connectivity index (χ4n) is 3.30. The molecule has 24 heavy (non-hydrogen) atoms. The number of fused-ring (bicyclic) bond motifs is 1. The third-order valence-electron chi connectivity index (χ3n) is 4.45. The number of nitrogens with zero attached hydrogens (tertiary/aromatic N) is 1. The van der Waals surface area contributed by atoms with Crippen LogP contribution in [0.25, 0.3) is 0 Å². The standard InChI is InChI=1S/C15H21NO8/c1-3-20-12-6-8(2)13-9(7-21-14(13)23-12)22-15(19)24-16-10(17)4-5-11(16)18/h8-9,12-14H,3-7H2,1-2H3. The number of hydroxylamine groups is 2. The van der Waals surface area contributed by atoms with Crippen LogP contribution in [0.3, 0.4) is 0 Å². The quantitative estimate of drug-likeness (QED) is 0.550. The summed E-state index contributed by atoms with van der Waals surface area (Å²) in [7, 11) is 0. The first-order chi connectivity index (χ1) is 11.5. The van der Waals surface area contributed by atoms with Crippen molar-refractivity contribution in [3.8, 4) is 0 Å². The molecule has 0 saturated carbocycles. The van der Waals surface area contributed by atoms with Crippen molar-refractivity contribution in [1.82, 2.24) is 5.06 Å². The van der Waals surface area contributed by atoms with Crippen molar-refractivity contribution in [1.29, 1.82) is 0 Å². The van der Waals surface area contributed by atoms with Gasteiger partial charge in [0.2, 0.25) is 0 Å². The van der Waals surface area contributed by atoms with E-state index >= 15 is 0 Å². The predicted octanol–water partition coefficient (Wildman–Crippen LogP) is 0.964. The zero-order valence-electron chi connectivity index (χ0n) is 13.6. The van der Waals surface area contributed by atoms with E-state index in [0.29, 0.717) is 18.1 Å². The Labute approximate surface area is 139 Å². The van der Waals surface area contributed by atoms with E-state index in [9.17, 15) is 14.4 Å². The van der Waals surface area contributed by atoms with Crippen molar-refractivity contribution in [3.63, 3.8) is 0 Å². The summed E-state index contributed by atoms with van der Waals surface area (Å²) >= 11 is 0. The van der Waals surface area contributed by atoms with Crippen molar-refractivity contribution >= 4 is 18.0 Å². The lowest BCUT2D eigenvalue weighted by atomic mass is 9.85. The van der Waals surface area contributed by atoms with Crippen LogP contribution in [0, 0.1) is 11.8 Å². The monoisotopic (exact) mass is 343 g/mol. The van der Waals surface area contributed by atoms with E-state index in [0.717, 1.165) is 0 Å². The molecule has 3 rings (SSSR count). The molecule has 3 saturated heterocycles. The molecule has 9 nitrogen and oxygen atoms in total. The summed E-state index contributed by atoms with van der Waals surface area (Å²) in [6.45, 7) is 4.60. The van der Waals surface area contributed by atoms with Gasteiger partial charge in [-0.1, -0.05) is 12.0 Å². The second-order valence-corrected chi connectivity index (χ2v) is 6.09. The van der Waals surface area contributed by atoms with Gasteiger partial charge in [0, 0.05) is 25.9 Å². The third-order valence-corrected chi connectivity index (χ3v) is 4.45. The molecule has 0 N–H and O–H groups in total. The van der Waals surface area contributed by atoms with Crippen molar-refractivity contribution in [2.75, 3.05) is 13.2 Å². The maximum Gasteiger partial charge on any atom is 0.534 e. The lowest BCUT2D eigenvalue weighted by molar-refractivity contribution is -0.275. The molecule has 134 valence electrons. The highest BCUT2D eigenvalue weighted by molar-refractivity contribution is 6.01. The van der Waals surface area contributed by atoms with E-state index in [-0.39, 0.29) is 37.6 Å². The fourth-order valence-corrected chi connectivity index (χ4v) is 3.30. The minimum absolute atomic E-state index is 0.0348. The molecule has 0 aliphatic carbocycles. The van der Waals surface area contributed by atoms with Crippen LogP contribution >= 0.6 is 0 Å². The molecule has 5 atom stereocenters. The molecule has 3 fully saturated rings. The Morgan fingerprint density at radius 2 is 2.00 bits per heavy atom. The van der Waals surface area contributed by atoms with E-state index in [1.54, 1.807) is 0 Å². The van der Waals surface area contributed by atoms with Crippen molar-refractivity contribution in [3.05, 3.63) is 0 Å². The molecule has 0 aromatic carbocycles. The molecule has 2 amide bonds. The first-order valence-corrected chi connectivity index (χ1v) is 8.12. The first kappa shape index (κ1) is 17.1. The number of imide groups is 1. The minimum Gasteiger partial charge on any atom is -0.426 e. The number of carbonyl (C=O) groups is 3. The zero-order chi connectivity index (χ0) is 17.3. The molecule has 3 aliphatic heterocycles. The molecule has 0 bridgehead atoms. The number of hydrogen-bond acceptors (Lipinski definition) is 8. The molecule has 0 spiro atoms. The summed E-state index contributed by atoms with van der Waals surface area (Å²) in [5, 5.41) is 0.460. The highest BCUT2D eigenvalue weighted by atomic mass is 16.8. The number of rotatable bonds is 4. The van der Waals surface area contributed by atoms with E-state index in [1.807, 2.05) is 13.8 Å². The second-order valence-electron chi connectivity index (χ2n) is 6.09. The SMILES string of the molecule is CCOC1CC(C)C2C(OC(=O)ON3C(=O)CCC3=O)COC2O1. The molecule has 5 unspecified atom stereocenters. The highest BCUT2D eigenvalue weighted by Gasteiger charge is 2.49. The largest absolute Gasteiger partial charge is 0.534 e. The molecule has 0 radical (unpaired) electrons. The molecule has 3 aliphatic rings. The predicted molar refractivity (Wildman–Crippen MR) is 76.0 cm³/mol. The lowest BCUT2D eigenvalue weighted by Gasteiger charge is -2.36. The van der Waals surface area contributed by atoms with Gasteiger partial charge >= 0.3 is 6.16 Å². The summed E-state index contributed by atoms with van der Waals surface area (Å²) in [5.74, 6) is -1.10. The average molecular weight is 343 g/mol. The van der Waals surface area contributed by atoms with Crippen molar-refractivity contribution < 1.29 is 38.2 Å². The molecular weight excluding hydrogens is 322 g/mol. The zero-order valence-corrected chi connectivity index (χ0v) is 13.6. The van der Waals surface area contributed by atoms with Gasteiger partial charge in [0.25, 0.3) is 11.8 Å². The number of ether oxygens (including phenoxy) is 4. The number of hydrogen-bond donors (Lipinski definition) is 0. The molecule has 0 aromatic rings. The van der Waals surface area contributed by atoms with Gasteiger partial charge in [-0.15, -0.1) is 0 Å². The highest BCUT2D eigenvalue weighted by Crippen LogP contribution is 2.39. The summed E-state index contributed by atoms with van der Waals surface area (Å²) in [6, 6.07) is 0.